The summed E-state index contributed by atoms with van der Waals surface area (Å²) in [6, 6.07) is 7.73. The zero-order valence-electron chi connectivity index (χ0n) is 12.8. The molecule has 1 aromatic carbocycles. The fourth-order valence-corrected chi connectivity index (χ4v) is 4.08. The Labute approximate surface area is 131 Å². The van der Waals surface area contributed by atoms with Gasteiger partial charge in [-0.1, -0.05) is 0 Å². The van der Waals surface area contributed by atoms with E-state index in [4.69, 9.17) is 10.5 Å². The molecule has 118 valence electrons. The van der Waals surface area contributed by atoms with Crippen LogP contribution in [0.2, 0.25) is 0 Å². The zero-order chi connectivity index (χ0) is 15.1. The Kier molecular flexibility index (Phi) is 3.57. The number of anilines is 1. The highest BCUT2D eigenvalue weighted by Crippen LogP contribution is 2.47. The maximum atomic E-state index is 12.5. The summed E-state index contributed by atoms with van der Waals surface area (Å²) >= 11 is 0. The normalized spacial score (nSPS) is 33.0. The molecule has 3 N–H and O–H groups in total. The number of carbonyl (C=O) groups is 1. The molecule has 0 radical (unpaired) electrons. The number of fused-ring (bicyclic) bond motifs is 2. The second-order valence-corrected chi connectivity index (χ2v) is 7.20. The molecule has 4 rings (SSSR count). The largest absolute Gasteiger partial charge is 0.493 e. The molecular weight excluding hydrogens is 276 g/mol. The summed E-state index contributed by atoms with van der Waals surface area (Å²) in [5.74, 6) is 2.75. The number of amides is 1. The second kappa shape index (κ2) is 5.58. The van der Waals surface area contributed by atoms with Gasteiger partial charge in [0.15, 0.2) is 0 Å². The van der Waals surface area contributed by atoms with E-state index in [1.807, 2.05) is 24.3 Å². The molecule has 0 saturated heterocycles. The maximum Gasteiger partial charge on any atom is 0.229 e. The number of nitrogens with one attached hydrogen (secondary N) is 1. The van der Waals surface area contributed by atoms with Gasteiger partial charge in [-0.3, -0.25) is 4.79 Å². The maximum absolute atomic E-state index is 12.5. The van der Waals surface area contributed by atoms with Gasteiger partial charge >= 0.3 is 0 Å². The number of benzene rings is 1. The lowest BCUT2D eigenvalue weighted by Gasteiger charge is -2.27. The monoisotopic (exact) mass is 300 g/mol. The fourth-order valence-electron chi connectivity index (χ4n) is 4.08. The first-order valence-corrected chi connectivity index (χ1v) is 8.50. The summed E-state index contributed by atoms with van der Waals surface area (Å²) in [7, 11) is 0. The van der Waals surface area contributed by atoms with Crippen LogP contribution in [-0.4, -0.2) is 18.6 Å². The van der Waals surface area contributed by atoms with Crippen LogP contribution in [0.15, 0.2) is 24.3 Å². The number of hydrogen-bond acceptors (Lipinski definition) is 3. The summed E-state index contributed by atoms with van der Waals surface area (Å²) in [5.41, 5.74) is 7.07. The average molecular weight is 300 g/mol. The molecular formula is C18H24N2O2. The van der Waals surface area contributed by atoms with Gasteiger partial charge in [0, 0.05) is 11.7 Å². The van der Waals surface area contributed by atoms with Crippen molar-refractivity contribution in [2.45, 2.75) is 38.1 Å². The van der Waals surface area contributed by atoms with Crippen molar-refractivity contribution < 1.29 is 9.53 Å². The van der Waals surface area contributed by atoms with Gasteiger partial charge in [0.05, 0.1) is 12.5 Å². The van der Waals surface area contributed by atoms with Crippen molar-refractivity contribution in [3.63, 3.8) is 0 Å². The molecule has 3 aliphatic rings. The summed E-state index contributed by atoms with van der Waals surface area (Å²) in [6.45, 7) is 0.811. The zero-order valence-corrected chi connectivity index (χ0v) is 12.8. The highest BCUT2D eigenvalue weighted by molar-refractivity contribution is 5.93. The molecule has 4 unspecified atom stereocenters. The lowest BCUT2D eigenvalue weighted by Crippen LogP contribution is -2.42. The molecule has 4 heteroatoms. The van der Waals surface area contributed by atoms with Crippen molar-refractivity contribution in [2.75, 3.05) is 11.9 Å². The standard InChI is InChI=1S/C18H24N2O2/c19-17-13-4-3-12(9-13)16(17)18(21)20-14-5-7-15(8-6-14)22-10-11-1-2-11/h5-8,11-13,16-17H,1-4,9-10,19H2,(H,20,21). The van der Waals surface area contributed by atoms with Gasteiger partial charge in [-0.05, 0) is 74.1 Å². The fraction of sp³-hybridized carbons (Fsp3) is 0.611. The molecule has 3 saturated carbocycles. The van der Waals surface area contributed by atoms with E-state index in [1.165, 1.54) is 19.3 Å². The van der Waals surface area contributed by atoms with Gasteiger partial charge < -0.3 is 15.8 Å². The number of rotatable bonds is 5. The summed E-state index contributed by atoms with van der Waals surface area (Å²) in [4.78, 5) is 12.5. The smallest absolute Gasteiger partial charge is 0.229 e. The summed E-state index contributed by atoms with van der Waals surface area (Å²) in [6.07, 6.45) is 6.07. The van der Waals surface area contributed by atoms with Crippen LogP contribution >= 0.6 is 0 Å². The van der Waals surface area contributed by atoms with Crippen LogP contribution in [0.5, 0.6) is 5.75 Å². The van der Waals surface area contributed by atoms with Crippen LogP contribution in [0.4, 0.5) is 5.69 Å². The lowest BCUT2D eigenvalue weighted by molar-refractivity contribution is -0.121. The Bertz CT molecular complexity index is 551. The predicted molar refractivity (Wildman–Crippen MR) is 85.6 cm³/mol. The van der Waals surface area contributed by atoms with E-state index in [9.17, 15) is 4.79 Å². The molecule has 22 heavy (non-hydrogen) atoms. The van der Waals surface area contributed by atoms with E-state index in [0.29, 0.717) is 11.8 Å². The molecule has 0 aliphatic heterocycles. The highest BCUT2D eigenvalue weighted by Gasteiger charge is 2.49. The van der Waals surface area contributed by atoms with Crippen molar-refractivity contribution in [3.05, 3.63) is 24.3 Å². The SMILES string of the molecule is NC1C2CCC(C2)C1C(=O)Nc1ccc(OCC2CC2)cc1. The van der Waals surface area contributed by atoms with Gasteiger partial charge in [-0.25, -0.2) is 0 Å². The van der Waals surface area contributed by atoms with Gasteiger partial charge in [0.2, 0.25) is 5.91 Å². The van der Waals surface area contributed by atoms with Crippen LogP contribution in [0.1, 0.15) is 32.1 Å². The summed E-state index contributed by atoms with van der Waals surface area (Å²) < 4.78 is 5.71. The van der Waals surface area contributed by atoms with Crippen LogP contribution in [0.25, 0.3) is 0 Å². The first-order valence-electron chi connectivity index (χ1n) is 8.50. The second-order valence-electron chi connectivity index (χ2n) is 7.20. The van der Waals surface area contributed by atoms with Crippen molar-refractivity contribution in [1.82, 2.24) is 0 Å². The third-order valence-electron chi connectivity index (χ3n) is 5.59. The van der Waals surface area contributed by atoms with Crippen molar-refractivity contribution in [3.8, 4) is 5.75 Å². The molecule has 0 aromatic heterocycles. The predicted octanol–water partition coefficient (Wildman–Crippen LogP) is 2.79. The molecule has 3 aliphatic carbocycles. The minimum absolute atomic E-state index is 0.00968. The van der Waals surface area contributed by atoms with Gasteiger partial charge in [0.1, 0.15) is 5.75 Å². The Morgan fingerprint density at radius 1 is 1.14 bits per heavy atom. The Morgan fingerprint density at radius 3 is 2.50 bits per heavy atom. The van der Waals surface area contributed by atoms with Gasteiger partial charge in [-0.15, -0.1) is 0 Å². The first kappa shape index (κ1) is 14.1. The lowest BCUT2D eigenvalue weighted by atomic mass is 9.84. The van der Waals surface area contributed by atoms with E-state index in [-0.39, 0.29) is 17.9 Å². The van der Waals surface area contributed by atoms with Crippen LogP contribution in [0.3, 0.4) is 0 Å². The molecule has 1 amide bonds. The van der Waals surface area contributed by atoms with Gasteiger partial charge in [-0.2, -0.15) is 0 Å². The first-order chi connectivity index (χ1) is 10.7. The van der Waals surface area contributed by atoms with Crippen molar-refractivity contribution in [2.24, 2.45) is 29.4 Å². The number of ether oxygens (including phenoxy) is 1. The molecule has 0 spiro atoms. The highest BCUT2D eigenvalue weighted by atomic mass is 16.5. The summed E-state index contributed by atoms with van der Waals surface area (Å²) in [5, 5.41) is 3.03. The van der Waals surface area contributed by atoms with Crippen LogP contribution in [0, 0.1) is 23.7 Å². The minimum Gasteiger partial charge on any atom is -0.493 e. The third kappa shape index (κ3) is 2.72. The number of nitrogens with two attached hydrogens (primary N) is 1. The van der Waals surface area contributed by atoms with Crippen LogP contribution in [-0.2, 0) is 4.79 Å². The minimum atomic E-state index is -0.00968. The Morgan fingerprint density at radius 2 is 1.86 bits per heavy atom. The number of hydrogen-bond donors (Lipinski definition) is 2. The molecule has 1 aromatic rings. The molecule has 4 atom stereocenters. The molecule has 0 heterocycles. The Hall–Kier alpha value is -1.55. The van der Waals surface area contributed by atoms with Gasteiger partial charge in [0.25, 0.3) is 0 Å². The van der Waals surface area contributed by atoms with E-state index in [2.05, 4.69) is 5.32 Å². The average Bonchev–Trinajstić information content (AvgIpc) is 3.14. The van der Waals surface area contributed by atoms with E-state index < -0.39 is 0 Å². The Balaban J connectivity index is 1.35. The molecule has 3 fully saturated rings. The quantitative estimate of drug-likeness (QED) is 0.879. The van der Waals surface area contributed by atoms with Crippen molar-refractivity contribution in [1.29, 1.82) is 0 Å². The third-order valence-corrected chi connectivity index (χ3v) is 5.59. The molecule has 4 nitrogen and oxygen atoms in total. The van der Waals surface area contributed by atoms with Crippen molar-refractivity contribution >= 4 is 11.6 Å². The number of carbonyl (C=O) groups excluding carboxylic acids is 1. The van der Waals surface area contributed by atoms with Crippen LogP contribution < -0.4 is 15.8 Å². The van der Waals surface area contributed by atoms with E-state index >= 15 is 0 Å². The van der Waals surface area contributed by atoms with E-state index in [0.717, 1.165) is 36.8 Å². The topological polar surface area (TPSA) is 64.4 Å². The molecule has 2 bridgehead atoms. The van der Waals surface area contributed by atoms with E-state index in [1.54, 1.807) is 0 Å².